The van der Waals surface area contributed by atoms with Crippen molar-refractivity contribution in [1.82, 2.24) is 0 Å². The van der Waals surface area contributed by atoms with Crippen molar-refractivity contribution in [3.05, 3.63) is 77.4 Å². The van der Waals surface area contributed by atoms with E-state index in [1.165, 1.54) is 5.56 Å². The second-order valence-corrected chi connectivity index (χ2v) is 5.80. The van der Waals surface area contributed by atoms with Crippen LogP contribution in [0.5, 0.6) is 11.5 Å². The molecule has 2 heteroatoms. The smallest absolute Gasteiger partial charge is 0.119 e. The Morgan fingerprint density at radius 2 is 2.04 bits per heavy atom. The van der Waals surface area contributed by atoms with E-state index in [9.17, 15) is 5.11 Å². The summed E-state index contributed by atoms with van der Waals surface area (Å²) in [5.74, 6) is 1.23. The standard InChI is InChI=1S/C21H24O2/c1-16(2)10-12-19-13-11-18(15-21(19)22)7-4-6-17-8-5-9-20(14-17)23-3/h4-5,7-9,11,13-15,22H,1,6,10,12H2,2-3H3/b7-4+. The van der Waals surface area contributed by atoms with Crippen LogP contribution in [0.25, 0.3) is 6.08 Å². The number of hydrogen-bond acceptors (Lipinski definition) is 2. The molecule has 0 unspecified atom stereocenters. The summed E-state index contributed by atoms with van der Waals surface area (Å²) in [4.78, 5) is 0. The molecule has 0 saturated carbocycles. The van der Waals surface area contributed by atoms with Crippen LogP contribution in [0.4, 0.5) is 0 Å². The van der Waals surface area contributed by atoms with Gasteiger partial charge in [-0.2, -0.15) is 0 Å². The largest absolute Gasteiger partial charge is 0.508 e. The fourth-order valence-corrected chi connectivity index (χ4v) is 2.37. The number of phenols is 1. The van der Waals surface area contributed by atoms with Crippen molar-refractivity contribution in [3.8, 4) is 11.5 Å². The van der Waals surface area contributed by atoms with Gasteiger partial charge in [-0.1, -0.05) is 42.0 Å². The second kappa shape index (κ2) is 8.23. The van der Waals surface area contributed by atoms with Gasteiger partial charge in [0.25, 0.3) is 0 Å². The first-order valence-corrected chi connectivity index (χ1v) is 7.84. The Morgan fingerprint density at radius 3 is 2.74 bits per heavy atom. The lowest BCUT2D eigenvalue weighted by atomic mass is 10.0. The van der Waals surface area contributed by atoms with Gasteiger partial charge < -0.3 is 9.84 Å². The molecule has 23 heavy (non-hydrogen) atoms. The first kappa shape index (κ1) is 16.9. The van der Waals surface area contributed by atoms with Gasteiger partial charge in [-0.15, -0.1) is 6.58 Å². The molecule has 0 heterocycles. The fraction of sp³-hybridized carbons (Fsp3) is 0.238. The molecule has 0 aliphatic carbocycles. The second-order valence-electron chi connectivity index (χ2n) is 5.80. The molecule has 0 aliphatic heterocycles. The molecule has 0 aliphatic rings. The number of hydrogen-bond donors (Lipinski definition) is 1. The van der Waals surface area contributed by atoms with Crippen molar-refractivity contribution in [3.63, 3.8) is 0 Å². The quantitative estimate of drug-likeness (QED) is 0.715. The van der Waals surface area contributed by atoms with E-state index in [0.717, 1.165) is 41.7 Å². The Balaban J connectivity index is 1.99. The molecule has 2 aromatic carbocycles. The molecular formula is C21H24O2. The highest BCUT2D eigenvalue weighted by molar-refractivity contribution is 5.54. The van der Waals surface area contributed by atoms with Crippen LogP contribution >= 0.6 is 0 Å². The predicted molar refractivity (Wildman–Crippen MR) is 97.0 cm³/mol. The van der Waals surface area contributed by atoms with E-state index >= 15 is 0 Å². The summed E-state index contributed by atoms with van der Waals surface area (Å²) in [6.45, 7) is 5.90. The van der Waals surface area contributed by atoms with Crippen LogP contribution in [-0.4, -0.2) is 12.2 Å². The van der Waals surface area contributed by atoms with Crippen LogP contribution in [0.3, 0.4) is 0 Å². The zero-order valence-electron chi connectivity index (χ0n) is 13.9. The Kier molecular flexibility index (Phi) is 6.04. The summed E-state index contributed by atoms with van der Waals surface area (Å²) >= 11 is 0. The van der Waals surface area contributed by atoms with Gasteiger partial charge >= 0.3 is 0 Å². The van der Waals surface area contributed by atoms with Gasteiger partial charge in [0, 0.05) is 0 Å². The molecule has 0 saturated heterocycles. The maximum atomic E-state index is 10.1. The van der Waals surface area contributed by atoms with Crippen molar-refractivity contribution in [2.24, 2.45) is 0 Å². The summed E-state index contributed by atoms with van der Waals surface area (Å²) in [7, 11) is 1.67. The predicted octanol–water partition coefficient (Wildman–Crippen LogP) is 5.17. The van der Waals surface area contributed by atoms with Crippen LogP contribution in [0.1, 0.15) is 30.0 Å². The molecule has 0 amide bonds. The molecule has 0 fully saturated rings. The molecule has 2 nitrogen and oxygen atoms in total. The summed E-state index contributed by atoms with van der Waals surface area (Å²) in [6, 6.07) is 13.9. The molecular weight excluding hydrogens is 284 g/mol. The first-order valence-electron chi connectivity index (χ1n) is 7.84. The molecule has 0 atom stereocenters. The number of phenolic OH excluding ortho intramolecular Hbond substituents is 1. The Labute approximate surface area is 138 Å². The molecule has 2 rings (SSSR count). The normalized spacial score (nSPS) is 10.9. The summed E-state index contributed by atoms with van der Waals surface area (Å²) < 4.78 is 5.22. The van der Waals surface area contributed by atoms with E-state index in [4.69, 9.17) is 4.74 Å². The number of aromatic hydroxyl groups is 1. The Bertz CT molecular complexity index is 699. The SMILES string of the molecule is C=C(C)CCc1ccc(/C=C/Cc2cccc(OC)c2)cc1O. The third-order valence-electron chi connectivity index (χ3n) is 3.73. The molecule has 120 valence electrons. The maximum absolute atomic E-state index is 10.1. The van der Waals surface area contributed by atoms with Gasteiger partial charge in [0.2, 0.25) is 0 Å². The van der Waals surface area contributed by atoms with Crippen molar-refractivity contribution in [1.29, 1.82) is 0 Å². The van der Waals surface area contributed by atoms with Gasteiger partial charge in [0.05, 0.1) is 7.11 Å². The lowest BCUT2D eigenvalue weighted by molar-refractivity contribution is 0.414. The van der Waals surface area contributed by atoms with Crippen LogP contribution in [0.15, 0.2) is 60.7 Å². The molecule has 1 N–H and O–H groups in total. The number of methoxy groups -OCH3 is 1. The number of ether oxygens (including phenoxy) is 1. The topological polar surface area (TPSA) is 29.5 Å². The Hall–Kier alpha value is -2.48. The number of benzene rings is 2. The average Bonchev–Trinajstić information content (AvgIpc) is 2.54. The van der Waals surface area contributed by atoms with E-state index < -0.39 is 0 Å². The van der Waals surface area contributed by atoms with E-state index in [2.05, 4.69) is 18.7 Å². The van der Waals surface area contributed by atoms with E-state index in [-0.39, 0.29) is 0 Å². The van der Waals surface area contributed by atoms with Gasteiger partial charge in [-0.3, -0.25) is 0 Å². The van der Waals surface area contributed by atoms with Gasteiger partial charge in [-0.25, -0.2) is 0 Å². The summed E-state index contributed by atoms with van der Waals surface area (Å²) in [6.07, 6.45) is 6.68. The summed E-state index contributed by atoms with van der Waals surface area (Å²) in [5.41, 5.74) is 4.30. The molecule has 0 aromatic heterocycles. The van der Waals surface area contributed by atoms with E-state index in [1.54, 1.807) is 7.11 Å². The highest BCUT2D eigenvalue weighted by Crippen LogP contribution is 2.22. The third-order valence-corrected chi connectivity index (χ3v) is 3.73. The average molecular weight is 308 g/mol. The lowest BCUT2D eigenvalue weighted by Crippen LogP contribution is -1.88. The van der Waals surface area contributed by atoms with E-state index in [1.807, 2.05) is 49.4 Å². The summed E-state index contributed by atoms with van der Waals surface area (Å²) in [5, 5.41) is 10.1. The van der Waals surface area contributed by atoms with Crippen molar-refractivity contribution in [2.45, 2.75) is 26.2 Å². The maximum Gasteiger partial charge on any atom is 0.119 e. The highest BCUT2D eigenvalue weighted by atomic mass is 16.5. The van der Waals surface area contributed by atoms with Gasteiger partial charge in [-0.05, 0) is 61.1 Å². The van der Waals surface area contributed by atoms with Crippen LogP contribution in [0, 0.1) is 0 Å². The number of allylic oxidation sites excluding steroid dienone is 2. The zero-order valence-corrected chi connectivity index (χ0v) is 13.9. The van der Waals surface area contributed by atoms with Crippen LogP contribution in [-0.2, 0) is 12.8 Å². The van der Waals surface area contributed by atoms with E-state index in [0.29, 0.717) is 5.75 Å². The lowest BCUT2D eigenvalue weighted by Gasteiger charge is -2.05. The molecule has 0 bridgehead atoms. The zero-order chi connectivity index (χ0) is 16.7. The van der Waals surface area contributed by atoms with Gasteiger partial charge in [0.1, 0.15) is 11.5 Å². The number of rotatable bonds is 7. The fourth-order valence-electron chi connectivity index (χ4n) is 2.37. The number of aryl methyl sites for hydroxylation is 1. The van der Waals surface area contributed by atoms with Crippen LogP contribution in [0.2, 0.25) is 0 Å². The first-order chi connectivity index (χ1) is 11.1. The highest BCUT2D eigenvalue weighted by Gasteiger charge is 2.02. The van der Waals surface area contributed by atoms with Crippen molar-refractivity contribution in [2.75, 3.05) is 7.11 Å². The minimum absolute atomic E-state index is 0.356. The monoisotopic (exact) mass is 308 g/mol. The Morgan fingerprint density at radius 1 is 1.22 bits per heavy atom. The molecule has 0 radical (unpaired) electrons. The van der Waals surface area contributed by atoms with Gasteiger partial charge in [0.15, 0.2) is 0 Å². The molecule has 2 aromatic rings. The minimum atomic E-state index is 0.356. The van der Waals surface area contributed by atoms with Crippen LogP contribution < -0.4 is 4.74 Å². The molecule has 0 spiro atoms. The van der Waals surface area contributed by atoms with Crippen molar-refractivity contribution < 1.29 is 9.84 Å². The minimum Gasteiger partial charge on any atom is -0.508 e. The third kappa shape index (κ3) is 5.33. The van der Waals surface area contributed by atoms with Crippen molar-refractivity contribution >= 4 is 6.08 Å².